The summed E-state index contributed by atoms with van der Waals surface area (Å²) in [6.45, 7) is 6.57. The number of ether oxygens (including phenoxy) is 1. The molecule has 1 unspecified atom stereocenters. The summed E-state index contributed by atoms with van der Waals surface area (Å²) in [4.78, 5) is 19.7. The second kappa shape index (κ2) is 8.83. The van der Waals surface area contributed by atoms with E-state index in [2.05, 4.69) is 23.9 Å². The van der Waals surface area contributed by atoms with Crippen molar-refractivity contribution in [3.05, 3.63) is 53.9 Å². The monoisotopic (exact) mass is 408 g/mol. The van der Waals surface area contributed by atoms with Gasteiger partial charge in [0.2, 0.25) is 0 Å². The van der Waals surface area contributed by atoms with E-state index in [1.165, 1.54) is 0 Å². The number of carbonyl (C=O) groups is 1. The Morgan fingerprint density at radius 2 is 2.17 bits per heavy atom. The number of aromatic hydroxyl groups is 1. The minimum atomic E-state index is -0.125. The number of hydrogen-bond donors (Lipinski definition) is 1. The van der Waals surface area contributed by atoms with Crippen molar-refractivity contribution in [1.82, 2.24) is 19.7 Å². The van der Waals surface area contributed by atoms with Crippen molar-refractivity contribution < 1.29 is 14.6 Å². The number of pyridine rings is 1. The number of rotatable bonds is 7. The van der Waals surface area contributed by atoms with Crippen LogP contribution in [0.3, 0.4) is 0 Å². The Balaban J connectivity index is 1.60. The molecule has 3 heterocycles. The minimum Gasteiger partial charge on any atom is -0.508 e. The highest BCUT2D eigenvalue weighted by Gasteiger charge is 2.25. The van der Waals surface area contributed by atoms with Gasteiger partial charge in [-0.3, -0.25) is 4.79 Å². The van der Waals surface area contributed by atoms with Crippen molar-refractivity contribution in [2.24, 2.45) is 5.92 Å². The van der Waals surface area contributed by atoms with E-state index in [1.807, 2.05) is 22.9 Å². The molecule has 4 rings (SSSR count). The third kappa shape index (κ3) is 4.46. The van der Waals surface area contributed by atoms with Gasteiger partial charge in [0.15, 0.2) is 5.65 Å². The maximum atomic E-state index is 13.4. The number of phenols is 1. The molecule has 1 aliphatic heterocycles. The first-order chi connectivity index (χ1) is 14.5. The Bertz CT molecular complexity index is 1020. The van der Waals surface area contributed by atoms with Crippen LogP contribution in [0.5, 0.6) is 5.75 Å². The van der Waals surface area contributed by atoms with Crippen LogP contribution in [-0.2, 0) is 17.8 Å². The predicted molar refractivity (Wildman–Crippen MR) is 114 cm³/mol. The summed E-state index contributed by atoms with van der Waals surface area (Å²) in [5.74, 6) is 0.516. The molecule has 2 aromatic heterocycles. The molecule has 1 saturated heterocycles. The summed E-state index contributed by atoms with van der Waals surface area (Å²) in [7, 11) is 0. The van der Waals surface area contributed by atoms with Crippen molar-refractivity contribution in [2.45, 2.75) is 45.9 Å². The average molecular weight is 409 g/mol. The Hall–Kier alpha value is -2.93. The highest BCUT2D eigenvalue weighted by Crippen LogP contribution is 2.23. The van der Waals surface area contributed by atoms with Crippen LogP contribution >= 0.6 is 0 Å². The van der Waals surface area contributed by atoms with Gasteiger partial charge in [0, 0.05) is 43.4 Å². The molecule has 1 N–H and O–H groups in total. The zero-order valence-corrected chi connectivity index (χ0v) is 17.5. The van der Waals surface area contributed by atoms with Gasteiger partial charge < -0.3 is 14.7 Å². The Kier molecular flexibility index (Phi) is 5.99. The van der Waals surface area contributed by atoms with Gasteiger partial charge in [0.25, 0.3) is 5.91 Å². The van der Waals surface area contributed by atoms with Gasteiger partial charge in [-0.05, 0) is 30.9 Å². The SMILES string of the molecule is CC(C)Cn1ncc2cc(C(=O)N(Cc3ccccc3O)CC3CCCO3)cnc21. The van der Waals surface area contributed by atoms with Crippen LogP contribution in [-0.4, -0.2) is 49.9 Å². The number of phenolic OH excluding ortho intramolecular Hbond substituents is 1. The fraction of sp³-hybridized carbons (Fsp3) is 0.435. The van der Waals surface area contributed by atoms with Crippen molar-refractivity contribution in [2.75, 3.05) is 13.2 Å². The Morgan fingerprint density at radius 3 is 2.90 bits per heavy atom. The third-order valence-electron chi connectivity index (χ3n) is 5.35. The number of fused-ring (bicyclic) bond motifs is 1. The quantitative estimate of drug-likeness (QED) is 0.646. The van der Waals surface area contributed by atoms with Gasteiger partial charge in [-0.1, -0.05) is 32.0 Å². The van der Waals surface area contributed by atoms with Crippen LogP contribution in [0.25, 0.3) is 11.0 Å². The van der Waals surface area contributed by atoms with E-state index in [-0.39, 0.29) is 17.8 Å². The number of aromatic nitrogens is 3. The second-order valence-electron chi connectivity index (χ2n) is 8.31. The zero-order valence-electron chi connectivity index (χ0n) is 17.5. The van der Waals surface area contributed by atoms with E-state index in [4.69, 9.17) is 4.74 Å². The van der Waals surface area contributed by atoms with Gasteiger partial charge in [-0.25, -0.2) is 9.67 Å². The molecular weight excluding hydrogens is 380 g/mol. The van der Waals surface area contributed by atoms with E-state index in [0.29, 0.717) is 30.1 Å². The van der Waals surface area contributed by atoms with E-state index in [0.717, 1.165) is 37.0 Å². The highest BCUT2D eigenvalue weighted by molar-refractivity contribution is 5.96. The van der Waals surface area contributed by atoms with E-state index in [9.17, 15) is 9.90 Å². The zero-order chi connectivity index (χ0) is 21.1. The molecule has 1 amide bonds. The van der Waals surface area contributed by atoms with Gasteiger partial charge >= 0.3 is 0 Å². The molecule has 0 saturated carbocycles. The van der Waals surface area contributed by atoms with E-state index in [1.54, 1.807) is 29.4 Å². The molecule has 1 aliphatic rings. The first-order valence-electron chi connectivity index (χ1n) is 10.5. The maximum absolute atomic E-state index is 13.4. The van der Waals surface area contributed by atoms with Crippen LogP contribution in [0.4, 0.5) is 0 Å². The average Bonchev–Trinajstić information content (AvgIpc) is 3.38. The molecule has 0 aliphatic carbocycles. The van der Waals surface area contributed by atoms with Crippen molar-refractivity contribution >= 4 is 16.9 Å². The molecule has 0 radical (unpaired) electrons. The number of carbonyl (C=O) groups excluding carboxylic acids is 1. The summed E-state index contributed by atoms with van der Waals surface area (Å²) >= 11 is 0. The summed E-state index contributed by atoms with van der Waals surface area (Å²) in [5.41, 5.74) is 2.01. The van der Waals surface area contributed by atoms with Crippen LogP contribution in [0.1, 0.15) is 42.6 Å². The lowest BCUT2D eigenvalue weighted by atomic mass is 10.1. The van der Waals surface area contributed by atoms with Gasteiger partial charge in [0.1, 0.15) is 5.75 Å². The molecule has 1 atom stereocenters. The number of hydrogen-bond acceptors (Lipinski definition) is 5. The summed E-state index contributed by atoms with van der Waals surface area (Å²) in [6.07, 6.45) is 5.34. The molecule has 7 heteroatoms. The molecule has 1 aromatic carbocycles. The molecule has 1 fully saturated rings. The van der Waals surface area contributed by atoms with E-state index >= 15 is 0 Å². The lowest BCUT2D eigenvalue weighted by Crippen LogP contribution is -2.37. The third-order valence-corrected chi connectivity index (χ3v) is 5.35. The fourth-order valence-electron chi connectivity index (χ4n) is 3.85. The van der Waals surface area contributed by atoms with Crippen LogP contribution in [0.15, 0.2) is 42.7 Å². The first-order valence-corrected chi connectivity index (χ1v) is 10.5. The molecule has 7 nitrogen and oxygen atoms in total. The molecule has 0 bridgehead atoms. The van der Waals surface area contributed by atoms with Crippen LogP contribution < -0.4 is 0 Å². The van der Waals surface area contributed by atoms with Gasteiger partial charge in [0.05, 0.1) is 17.9 Å². The number of nitrogens with zero attached hydrogens (tertiary/aromatic N) is 4. The van der Waals surface area contributed by atoms with Crippen LogP contribution in [0.2, 0.25) is 0 Å². The van der Waals surface area contributed by atoms with Gasteiger partial charge in [-0.2, -0.15) is 5.10 Å². The predicted octanol–water partition coefficient (Wildman–Crippen LogP) is 3.61. The second-order valence-corrected chi connectivity index (χ2v) is 8.31. The topological polar surface area (TPSA) is 80.5 Å². The number of amides is 1. The normalized spacial score (nSPS) is 16.4. The molecule has 158 valence electrons. The fourth-order valence-corrected chi connectivity index (χ4v) is 3.85. The summed E-state index contributed by atoms with van der Waals surface area (Å²) < 4.78 is 7.64. The molecule has 0 spiro atoms. The molecule has 30 heavy (non-hydrogen) atoms. The Labute approximate surface area is 176 Å². The number of benzene rings is 1. The molecular formula is C23H28N4O3. The van der Waals surface area contributed by atoms with Gasteiger partial charge in [-0.15, -0.1) is 0 Å². The van der Waals surface area contributed by atoms with E-state index < -0.39 is 0 Å². The Morgan fingerprint density at radius 1 is 1.33 bits per heavy atom. The van der Waals surface area contributed by atoms with Crippen molar-refractivity contribution in [3.63, 3.8) is 0 Å². The largest absolute Gasteiger partial charge is 0.508 e. The minimum absolute atomic E-state index is 0.0188. The molecule has 3 aromatic rings. The van der Waals surface area contributed by atoms with Crippen molar-refractivity contribution in [3.8, 4) is 5.75 Å². The van der Waals surface area contributed by atoms with Crippen LogP contribution in [0, 0.1) is 5.92 Å². The highest BCUT2D eigenvalue weighted by atomic mass is 16.5. The lowest BCUT2D eigenvalue weighted by molar-refractivity contribution is 0.0505. The summed E-state index contributed by atoms with van der Waals surface area (Å²) in [6, 6.07) is 8.96. The lowest BCUT2D eigenvalue weighted by Gasteiger charge is -2.26. The van der Waals surface area contributed by atoms with Crippen molar-refractivity contribution in [1.29, 1.82) is 0 Å². The number of para-hydroxylation sites is 1. The maximum Gasteiger partial charge on any atom is 0.255 e. The first kappa shape index (κ1) is 20.3. The standard InChI is InChI=1S/C23H28N4O3/c1-16(2)13-27-22-18(12-25-27)10-19(11-24-22)23(29)26(15-20-7-5-9-30-20)14-17-6-3-4-8-21(17)28/h3-4,6,8,10-12,16,20,28H,5,7,9,13-15H2,1-2H3. The smallest absolute Gasteiger partial charge is 0.255 e. The summed E-state index contributed by atoms with van der Waals surface area (Å²) in [5, 5.41) is 15.5.